The first-order chi connectivity index (χ1) is 10.9. The van der Waals surface area contributed by atoms with Gasteiger partial charge in [-0.15, -0.1) is 0 Å². The molecule has 2 aromatic rings. The minimum absolute atomic E-state index is 0.0839. The number of hydrogen-bond donors (Lipinski definition) is 1. The van der Waals surface area contributed by atoms with Crippen LogP contribution in [0.25, 0.3) is 11.1 Å². The van der Waals surface area contributed by atoms with Crippen molar-refractivity contribution < 1.29 is 13.2 Å². The topological polar surface area (TPSA) is 62.7 Å². The van der Waals surface area contributed by atoms with Gasteiger partial charge < -0.3 is 5.73 Å². The molecule has 1 heterocycles. The summed E-state index contributed by atoms with van der Waals surface area (Å²) in [6.07, 6.45) is -1.11. The lowest BCUT2D eigenvalue weighted by molar-refractivity contribution is -0.137. The number of fused-ring (bicyclic) bond motifs is 1. The Morgan fingerprint density at radius 2 is 1.91 bits per heavy atom. The van der Waals surface area contributed by atoms with Crippen molar-refractivity contribution in [1.82, 2.24) is 4.98 Å². The number of rotatable bonds is 1. The van der Waals surface area contributed by atoms with Gasteiger partial charge in [-0.3, -0.25) is 0 Å². The van der Waals surface area contributed by atoms with Crippen molar-refractivity contribution in [3.63, 3.8) is 0 Å². The predicted molar refractivity (Wildman–Crippen MR) is 80.4 cm³/mol. The second-order valence-corrected chi connectivity index (χ2v) is 5.57. The second-order valence-electron chi connectivity index (χ2n) is 5.57. The van der Waals surface area contributed by atoms with Gasteiger partial charge in [-0.25, -0.2) is 4.98 Å². The zero-order chi connectivity index (χ0) is 16.6. The lowest BCUT2D eigenvalue weighted by Crippen LogP contribution is -2.12. The van der Waals surface area contributed by atoms with Gasteiger partial charge in [-0.1, -0.05) is 12.1 Å². The lowest BCUT2D eigenvalue weighted by Gasteiger charge is -2.21. The third kappa shape index (κ3) is 2.74. The lowest BCUT2D eigenvalue weighted by atomic mass is 9.86. The van der Waals surface area contributed by atoms with Gasteiger partial charge in [0.05, 0.1) is 5.56 Å². The highest BCUT2D eigenvalue weighted by Crippen LogP contribution is 2.38. The highest BCUT2D eigenvalue weighted by Gasteiger charge is 2.31. The Kier molecular flexibility index (Phi) is 3.72. The third-order valence-electron chi connectivity index (χ3n) is 4.09. The van der Waals surface area contributed by atoms with E-state index in [-0.39, 0.29) is 11.4 Å². The van der Waals surface area contributed by atoms with Gasteiger partial charge in [0.1, 0.15) is 17.5 Å². The van der Waals surface area contributed by atoms with Crippen molar-refractivity contribution in [2.24, 2.45) is 0 Å². The first kappa shape index (κ1) is 15.3. The molecule has 0 saturated heterocycles. The van der Waals surface area contributed by atoms with Gasteiger partial charge in [-0.05, 0) is 48.9 Å². The molecule has 0 saturated carbocycles. The molecule has 6 heteroatoms. The van der Waals surface area contributed by atoms with Gasteiger partial charge >= 0.3 is 6.18 Å². The van der Waals surface area contributed by atoms with E-state index < -0.39 is 11.7 Å². The summed E-state index contributed by atoms with van der Waals surface area (Å²) in [6, 6.07) is 7.03. The van der Waals surface area contributed by atoms with E-state index in [4.69, 9.17) is 5.73 Å². The molecule has 2 N–H and O–H groups in total. The number of aromatic nitrogens is 1. The summed E-state index contributed by atoms with van der Waals surface area (Å²) >= 11 is 0. The van der Waals surface area contributed by atoms with Crippen LogP contribution < -0.4 is 5.73 Å². The molecule has 0 aliphatic heterocycles. The van der Waals surface area contributed by atoms with Crippen molar-refractivity contribution in [3.8, 4) is 17.2 Å². The van der Waals surface area contributed by atoms with Crippen LogP contribution in [0.15, 0.2) is 24.3 Å². The zero-order valence-corrected chi connectivity index (χ0v) is 12.2. The maximum atomic E-state index is 13.0. The Hall–Kier alpha value is -2.55. The standard InChI is InChI=1S/C17H14F3N3/c18-17(19,20)11-5-3-4-10(8-11)15-12-6-1-2-7-14(12)23-16(22)13(15)9-21/h3-5,8H,1-2,6-7H2,(H2,22,23). The van der Waals surface area contributed by atoms with Crippen LogP contribution in [0.2, 0.25) is 0 Å². The van der Waals surface area contributed by atoms with Gasteiger partial charge in [0.2, 0.25) is 0 Å². The highest BCUT2D eigenvalue weighted by atomic mass is 19.4. The van der Waals surface area contributed by atoms with Crippen LogP contribution in [0.5, 0.6) is 0 Å². The SMILES string of the molecule is N#Cc1c(N)nc2c(c1-c1cccc(C(F)(F)F)c1)CCCC2. The summed E-state index contributed by atoms with van der Waals surface area (Å²) < 4.78 is 38.9. The average Bonchev–Trinajstić information content (AvgIpc) is 2.53. The largest absolute Gasteiger partial charge is 0.416 e. The molecule has 0 fully saturated rings. The quantitative estimate of drug-likeness (QED) is 0.861. The molecule has 3 rings (SSSR count). The van der Waals surface area contributed by atoms with Gasteiger partial charge in [0.25, 0.3) is 0 Å². The third-order valence-corrected chi connectivity index (χ3v) is 4.09. The van der Waals surface area contributed by atoms with E-state index in [0.717, 1.165) is 42.7 Å². The monoisotopic (exact) mass is 317 g/mol. The summed E-state index contributed by atoms with van der Waals surface area (Å²) in [5.41, 5.74) is 7.79. The Labute approximate surface area is 131 Å². The van der Waals surface area contributed by atoms with Crippen molar-refractivity contribution >= 4 is 5.82 Å². The molecule has 118 valence electrons. The average molecular weight is 317 g/mol. The van der Waals surface area contributed by atoms with Crippen molar-refractivity contribution in [2.75, 3.05) is 5.73 Å². The first-order valence-corrected chi connectivity index (χ1v) is 7.30. The predicted octanol–water partition coefficient (Wildman–Crippen LogP) is 4.10. The Morgan fingerprint density at radius 1 is 1.17 bits per heavy atom. The van der Waals surface area contributed by atoms with Crippen LogP contribution in [-0.2, 0) is 19.0 Å². The van der Waals surface area contributed by atoms with Crippen LogP contribution in [0, 0.1) is 11.3 Å². The number of hydrogen-bond acceptors (Lipinski definition) is 3. The Bertz CT molecular complexity index is 804. The van der Waals surface area contributed by atoms with E-state index in [0.29, 0.717) is 17.5 Å². The van der Waals surface area contributed by atoms with E-state index in [2.05, 4.69) is 4.98 Å². The van der Waals surface area contributed by atoms with E-state index in [1.165, 1.54) is 6.07 Å². The normalized spacial score (nSPS) is 14.2. The van der Waals surface area contributed by atoms with Crippen LogP contribution in [0.4, 0.5) is 19.0 Å². The first-order valence-electron chi connectivity index (χ1n) is 7.30. The van der Waals surface area contributed by atoms with Crippen LogP contribution in [0.3, 0.4) is 0 Å². The fraction of sp³-hybridized carbons (Fsp3) is 0.294. The molecule has 0 unspecified atom stereocenters. The van der Waals surface area contributed by atoms with Crippen molar-refractivity contribution in [1.29, 1.82) is 5.26 Å². The molecule has 1 aromatic heterocycles. The molecule has 1 aliphatic carbocycles. The Morgan fingerprint density at radius 3 is 2.61 bits per heavy atom. The number of halogens is 3. The molecule has 0 amide bonds. The van der Waals surface area contributed by atoms with Crippen molar-refractivity contribution in [2.45, 2.75) is 31.9 Å². The summed E-state index contributed by atoms with van der Waals surface area (Å²) in [4.78, 5) is 4.27. The van der Waals surface area contributed by atoms with E-state index in [1.54, 1.807) is 6.07 Å². The molecule has 0 radical (unpaired) electrons. The summed E-state index contributed by atoms with van der Waals surface area (Å²) in [5.74, 6) is 0.0839. The molecule has 0 bridgehead atoms. The molecule has 3 nitrogen and oxygen atoms in total. The van der Waals surface area contributed by atoms with Gasteiger partial charge in [0.15, 0.2) is 0 Å². The van der Waals surface area contributed by atoms with Gasteiger partial charge in [-0.2, -0.15) is 18.4 Å². The summed E-state index contributed by atoms with van der Waals surface area (Å²) in [6.45, 7) is 0. The second kappa shape index (κ2) is 5.58. The van der Waals surface area contributed by atoms with E-state index >= 15 is 0 Å². The minimum atomic E-state index is -4.43. The van der Waals surface area contributed by atoms with Crippen LogP contribution in [-0.4, -0.2) is 4.98 Å². The number of anilines is 1. The molecule has 0 spiro atoms. The number of nitrogen functional groups attached to an aromatic ring is 1. The number of benzene rings is 1. The molecular weight excluding hydrogens is 303 g/mol. The number of pyridine rings is 1. The maximum absolute atomic E-state index is 13.0. The summed E-state index contributed by atoms with van der Waals surface area (Å²) in [7, 11) is 0. The Balaban J connectivity index is 2.28. The molecule has 0 atom stereocenters. The molecule has 1 aliphatic rings. The number of alkyl halides is 3. The number of nitriles is 1. The maximum Gasteiger partial charge on any atom is 0.416 e. The van der Waals surface area contributed by atoms with Gasteiger partial charge in [0, 0.05) is 11.3 Å². The number of aryl methyl sites for hydroxylation is 1. The molecule has 23 heavy (non-hydrogen) atoms. The fourth-order valence-corrected chi connectivity index (χ4v) is 3.05. The van der Waals surface area contributed by atoms with E-state index in [1.807, 2.05) is 6.07 Å². The van der Waals surface area contributed by atoms with Crippen LogP contribution in [0.1, 0.15) is 35.2 Å². The number of nitrogens with two attached hydrogens (primary N) is 1. The smallest absolute Gasteiger partial charge is 0.383 e. The van der Waals surface area contributed by atoms with E-state index in [9.17, 15) is 18.4 Å². The summed E-state index contributed by atoms with van der Waals surface area (Å²) in [5, 5.41) is 9.40. The minimum Gasteiger partial charge on any atom is -0.383 e. The van der Waals surface area contributed by atoms with Crippen LogP contribution >= 0.6 is 0 Å². The zero-order valence-electron chi connectivity index (χ0n) is 12.2. The number of nitrogens with zero attached hydrogens (tertiary/aromatic N) is 2. The fourth-order valence-electron chi connectivity index (χ4n) is 3.05. The van der Waals surface area contributed by atoms with Crippen molar-refractivity contribution in [3.05, 3.63) is 46.6 Å². The molecular formula is C17H14F3N3. The molecule has 1 aromatic carbocycles. The highest BCUT2D eigenvalue weighted by molar-refractivity contribution is 5.79.